The van der Waals surface area contributed by atoms with Crippen LogP contribution in [0.5, 0.6) is 0 Å². The van der Waals surface area contributed by atoms with Crippen LogP contribution in [0.4, 0.5) is 5.69 Å². The normalized spacial score (nSPS) is 17.2. The molecule has 0 aliphatic heterocycles. The second-order valence-electron chi connectivity index (χ2n) is 4.94. The van der Waals surface area contributed by atoms with E-state index in [0.29, 0.717) is 11.6 Å². The first kappa shape index (κ1) is 13.9. The highest BCUT2D eigenvalue weighted by molar-refractivity contribution is 9.10. The summed E-state index contributed by atoms with van der Waals surface area (Å²) >= 11 is 3.28. The first-order valence-electron chi connectivity index (χ1n) is 6.27. The van der Waals surface area contributed by atoms with Crippen molar-refractivity contribution in [3.8, 4) is 0 Å². The maximum atomic E-state index is 12.2. The molecule has 1 saturated carbocycles. The Kier molecular flexibility index (Phi) is 4.33. The van der Waals surface area contributed by atoms with Crippen LogP contribution in [0.3, 0.4) is 0 Å². The molecule has 18 heavy (non-hydrogen) atoms. The molecule has 0 bridgehead atoms. The van der Waals surface area contributed by atoms with E-state index in [4.69, 9.17) is 5.73 Å². The monoisotopic (exact) mass is 331 g/mol. The van der Waals surface area contributed by atoms with Gasteiger partial charge in [0, 0.05) is 4.47 Å². The Hall–Kier alpha value is -0.550. The minimum absolute atomic E-state index is 0.212. The number of halogens is 1. The maximum absolute atomic E-state index is 12.2. The molecule has 0 radical (unpaired) electrons. The van der Waals surface area contributed by atoms with Gasteiger partial charge in [0.25, 0.3) is 0 Å². The van der Waals surface area contributed by atoms with Crippen LogP contribution in [-0.2, 0) is 9.84 Å². The Bertz CT molecular complexity index is 522. The van der Waals surface area contributed by atoms with E-state index in [1.807, 2.05) is 0 Å². The van der Waals surface area contributed by atoms with Crippen molar-refractivity contribution in [2.45, 2.75) is 37.0 Å². The minimum atomic E-state index is -3.24. The van der Waals surface area contributed by atoms with Crippen LogP contribution in [0.2, 0.25) is 0 Å². The second-order valence-corrected chi connectivity index (χ2v) is 7.93. The van der Waals surface area contributed by atoms with Crippen molar-refractivity contribution < 1.29 is 8.42 Å². The summed E-state index contributed by atoms with van der Waals surface area (Å²) < 4.78 is 25.3. The van der Waals surface area contributed by atoms with Crippen LogP contribution in [0, 0.1) is 5.92 Å². The molecule has 2 rings (SSSR count). The lowest BCUT2D eigenvalue weighted by molar-refractivity contribution is 0.521. The van der Waals surface area contributed by atoms with E-state index in [9.17, 15) is 8.42 Å². The second kappa shape index (κ2) is 5.61. The SMILES string of the molecule is Nc1cc(Br)ccc1S(=O)(=O)CCC1CCCC1. The van der Waals surface area contributed by atoms with Crippen molar-refractivity contribution in [2.75, 3.05) is 11.5 Å². The third kappa shape index (κ3) is 3.26. The maximum Gasteiger partial charge on any atom is 0.180 e. The lowest BCUT2D eigenvalue weighted by Gasteiger charge is -2.11. The summed E-state index contributed by atoms with van der Waals surface area (Å²) in [4.78, 5) is 0.267. The Balaban J connectivity index is 2.09. The Morgan fingerprint density at radius 2 is 1.94 bits per heavy atom. The zero-order chi connectivity index (χ0) is 13.2. The van der Waals surface area contributed by atoms with Gasteiger partial charge in [-0.2, -0.15) is 0 Å². The van der Waals surface area contributed by atoms with Crippen LogP contribution in [0.1, 0.15) is 32.1 Å². The number of hydrogen-bond acceptors (Lipinski definition) is 3. The molecular weight excluding hydrogens is 314 g/mol. The molecule has 0 heterocycles. The first-order valence-corrected chi connectivity index (χ1v) is 8.71. The van der Waals surface area contributed by atoms with Gasteiger partial charge in [-0.25, -0.2) is 8.42 Å². The van der Waals surface area contributed by atoms with Gasteiger partial charge in [0.15, 0.2) is 9.84 Å². The lowest BCUT2D eigenvalue weighted by Crippen LogP contribution is -2.12. The van der Waals surface area contributed by atoms with E-state index in [0.717, 1.165) is 10.9 Å². The van der Waals surface area contributed by atoms with Crippen molar-refractivity contribution in [2.24, 2.45) is 5.92 Å². The van der Waals surface area contributed by atoms with E-state index in [1.165, 1.54) is 25.7 Å². The largest absolute Gasteiger partial charge is 0.398 e. The zero-order valence-electron chi connectivity index (χ0n) is 10.2. The van der Waals surface area contributed by atoms with Crippen molar-refractivity contribution in [1.29, 1.82) is 0 Å². The van der Waals surface area contributed by atoms with Gasteiger partial charge in [-0.3, -0.25) is 0 Å². The number of nitrogen functional groups attached to an aromatic ring is 1. The fraction of sp³-hybridized carbons (Fsp3) is 0.538. The molecule has 2 N–H and O–H groups in total. The van der Waals surface area contributed by atoms with Gasteiger partial charge in [-0.1, -0.05) is 41.6 Å². The Morgan fingerprint density at radius 1 is 1.28 bits per heavy atom. The Morgan fingerprint density at radius 3 is 2.56 bits per heavy atom. The van der Waals surface area contributed by atoms with E-state index >= 15 is 0 Å². The third-order valence-electron chi connectivity index (χ3n) is 3.58. The van der Waals surface area contributed by atoms with Crippen molar-refractivity contribution in [3.63, 3.8) is 0 Å². The van der Waals surface area contributed by atoms with Crippen LogP contribution in [0.15, 0.2) is 27.6 Å². The number of hydrogen-bond donors (Lipinski definition) is 1. The van der Waals surface area contributed by atoms with Crippen LogP contribution >= 0.6 is 15.9 Å². The number of nitrogens with two attached hydrogens (primary N) is 1. The number of rotatable bonds is 4. The molecule has 0 saturated heterocycles. The summed E-state index contributed by atoms with van der Waals surface area (Å²) in [6, 6.07) is 4.95. The lowest BCUT2D eigenvalue weighted by atomic mass is 10.1. The van der Waals surface area contributed by atoms with Gasteiger partial charge in [0.1, 0.15) is 0 Å². The Labute approximate surface area is 117 Å². The van der Waals surface area contributed by atoms with E-state index < -0.39 is 9.84 Å². The highest BCUT2D eigenvalue weighted by Crippen LogP contribution is 2.30. The van der Waals surface area contributed by atoms with Crippen molar-refractivity contribution in [1.82, 2.24) is 0 Å². The van der Waals surface area contributed by atoms with Crippen molar-refractivity contribution >= 4 is 31.5 Å². The minimum Gasteiger partial charge on any atom is -0.398 e. The fourth-order valence-electron chi connectivity index (χ4n) is 2.53. The molecular formula is C13H18BrNO2S. The smallest absolute Gasteiger partial charge is 0.180 e. The zero-order valence-corrected chi connectivity index (χ0v) is 12.6. The van der Waals surface area contributed by atoms with E-state index in [-0.39, 0.29) is 10.6 Å². The summed E-state index contributed by atoms with van der Waals surface area (Å²) in [5.41, 5.74) is 6.11. The average molecular weight is 332 g/mol. The average Bonchev–Trinajstić information content (AvgIpc) is 2.78. The molecule has 1 aliphatic carbocycles. The summed E-state index contributed by atoms with van der Waals surface area (Å²) in [6.07, 6.45) is 5.59. The quantitative estimate of drug-likeness (QED) is 0.860. The molecule has 0 unspecified atom stereocenters. The van der Waals surface area contributed by atoms with Crippen LogP contribution in [0.25, 0.3) is 0 Å². The van der Waals surface area contributed by atoms with Gasteiger partial charge >= 0.3 is 0 Å². The highest BCUT2D eigenvalue weighted by Gasteiger charge is 2.22. The fourth-order valence-corrected chi connectivity index (χ4v) is 4.47. The molecule has 0 amide bonds. The summed E-state index contributed by atoms with van der Waals surface area (Å²) in [6.45, 7) is 0. The van der Waals surface area contributed by atoms with E-state index in [1.54, 1.807) is 18.2 Å². The first-order chi connectivity index (χ1) is 8.49. The molecule has 0 aromatic heterocycles. The summed E-state index contributed by atoms with van der Waals surface area (Å²) in [5, 5.41) is 0. The molecule has 0 spiro atoms. The van der Waals surface area contributed by atoms with Gasteiger partial charge < -0.3 is 5.73 Å². The van der Waals surface area contributed by atoms with E-state index in [2.05, 4.69) is 15.9 Å². The van der Waals surface area contributed by atoms with Gasteiger partial charge in [-0.05, 0) is 30.5 Å². The molecule has 100 valence electrons. The number of anilines is 1. The molecule has 1 aromatic rings. The highest BCUT2D eigenvalue weighted by atomic mass is 79.9. The summed E-state index contributed by atoms with van der Waals surface area (Å²) in [7, 11) is -3.24. The molecule has 1 aromatic carbocycles. The number of sulfone groups is 1. The molecule has 0 atom stereocenters. The van der Waals surface area contributed by atoms with Gasteiger partial charge in [0.05, 0.1) is 16.3 Å². The number of benzene rings is 1. The van der Waals surface area contributed by atoms with Crippen LogP contribution < -0.4 is 5.73 Å². The predicted octanol–water partition coefficient (Wildman–Crippen LogP) is 3.39. The van der Waals surface area contributed by atoms with Crippen LogP contribution in [-0.4, -0.2) is 14.2 Å². The molecule has 3 nitrogen and oxygen atoms in total. The van der Waals surface area contributed by atoms with Gasteiger partial charge in [0.2, 0.25) is 0 Å². The topological polar surface area (TPSA) is 60.2 Å². The summed E-state index contributed by atoms with van der Waals surface area (Å²) in [5.74, 6) is 0.792. The standard InChI is InChI=1S/C13H18BrNO2S/c14-11-5-6-13(12(15)9-11)18(16,17)8-7-10-3-1-2-4-10/h5-6,9-10H,1-4,7-8,15H2. The molecule has 1 aliphatic rings. The van der Waals surface area contributed by atoms with Crippen molar-refractivity contribution in [3.05, 3.63) is 22.7 Å². The molecule has 1 fully saturated rings. The van der Waals surface area contributed by atoms with Gasteiger partial charge in [-0.15, -0.1) is 0 Å². The predicted molar refractivity (Wildman–Crippen MR) is 77.2 cm³/mol. The molecule has 5 heteroatoms. The third-order valence-corrected chi connectivity index (χ3v) is 5.88.